The number of amides is 1. The fourth-order valence-electron chi connectivity index (χ4n) is 5.30. The van der Waals surface area contributed by atoms with E-state index in [0.29, 0.717) is 5.82 Å². The van der Waals surface area contributed by atoms with Gasteiger partial charge in [-0.3, -0.25) is 4.79 Å². The van der Waals surface area contributed by atoms with Gasteiger partial charge in [0.25, 0.3) is 5.91 Å². The van der Waals surface area contributed by atoms with E-state index < -0.39 is 0 Å². The van der Waals surface area contributed by atoms with Gasteiger partial charge in [0, 0.05) is 35.0 Å². The van der Waals surface area contributed by atoms with Crippen molar-refractivity contribution in [2.45, 2.75) is 63.5 Å². The van der Waals surface area contributed by atoms with E-state index in [4.69, 9.17) is 10.7 Å². The molecule has 0 unspecified atom stereocenters. The van der Waals surface area contributed by atoms with Crippen LogP contribution in [0.4, 0.5) is 0 Å². The van der Waals surface area contributed by atoms with E-state index in [0.717, 1.165) is 77.0 Å². The SMILES string of the molecule is CC(C)(N)c1ccc(-c2ncc3c(n2)-c2[nH]c4c(c2CC3)C(=O)NC2(CCC2)C4)cc1. The van der Waals surface area contributed by atoms with Crippen molar-refractivity contribution in [3.05, 3.63) is 58.4 Å². The quantitative estimate of drug-likeness (QED) is 0.598. The van der Waals surface area contributed by atoms with Crippen LogP contribution < -0.4 is 11.1 Å². The first-order valence-corrected chi connectivity index (χ1v) is 11.2. The lowest BCUT2D eigenvalue weighted by Gasteiger charge is -2.45. The van der Waals surface area contributed by atoms with E-state index >= 15 is 0 Å². The Balaban J connectivity index is 1.41. The average Bonchev–Trinajstić information content (AvgIpc) is 3.11. The first-order valence-electron chi connectivity index (χ1n) is 11.2. The summed E-state index contributed by atoms with van der Waals surface area (Å²) in [7, 11) is 0. The summed E-state index contributed by atoms with van der Waals surface area (Å²) < 4.78 is 0. The van der Waals surface area contributed by atoms with Crippen LogP contribution in [0.25, 0.3) is 22.8 Å². The molecule has 1 amide bonds. The highest BCUT2D eigenvalue weighted by Gasteiger charge is 2.45. The first kappa shape index (κ1) is 18.8. The fourth-order valence-corrected chi connectivity index (χ4v) is 5.30. The van der Waals surface area contributed by atoms with Gasteiger partial charge >= 0.3 is 0 Å². The van der Waals surface area contributed by atoms with Gasteiger partial charge in [-0.1, -0.05) is 24.3 Å². The standard InChI is InChI=1S/C25H27N5O/c1-24(2,26)16-7-4-14(5-8-16)22-27-13-15-6-9-17-19-18(28-21(17)20(15)29-22)12-25(10-3-11-25)30-23(19)31/h4-5,7-8,13,28H,3,6,9-12,26H2,1-2H3,(H,30,31). The van der Waals surface area contributed by atoms with Crippen molar-refractivity contribution in [3.63, 3.8) is 0 Å². The van der Waals surface area contributed by atoms with Crippen molar-refractivity contribution in [3.8, 4) is 22.8 Å². The average molecular weight is 414 g/mol. The highest BCUT2D eigenvalue weighted by molar-refractivity contribution is 6.01. The lowest BCUT2D eigenvalue weighted by atomic mass is 9.71. The van der Waals surface area contributed by atoms with Gasteiger partial charge in [0.2, 0.25) is 0 Å². The van der Waals surface area contributed by atoms with Gasteiger partial charge in [0.1, 0.15) is 0 Å². The molecule has 3 aliphatic rings. The molecule has 2 aromatic heterocycles. The van der Waals surface area contributed by atoms with Crippen molar-refractivity contribution in [1.29, 1.82) is 0 Å². The molecule has 0 radical (unpaired) electrons. The number of hydrogen-bond acceptors (Lipinski definition) is 4. The molecule has 6 heteroatoms. The first-order chi connectivity index (χ1) is 14.8. The van der Waals surface area contributed by atoms with Gasteiger partial charge in [-0.25, -0.2) is 9.97 Å². The second-order valence-corrected chi connectivity index (χ2v) is 9.96. The topological polar surface area (TPSA) is 96.7 Å². The summed E-state index contributed by atoms with van der Waals surface area (Å²) >= 11 is 0. The minimum atomic E-state index is -0.383. The zero-order valence-corrected chi connectivity index (χ0v) is 18.0. The Bertz CT molecular complexity index is 1210. The van der Waals surface area contributed by atoms with E-state index in [9.17, 15) is 4.79 Å². The van der Waals surface area contributed by atoms with Gasteiger partial charge < -0.3 is 16.0 Å². The lowest BCUT2D eigenvalue weighted by molar-refractivity contribution is 0.0793. The van der Waals surface area contributed by atoms with Crippen LogP contribution in [-0.2, 0) is 24.8 Å². The van der Waals surface area contributed by atoms with Gasteiger partial charge in [-0.05, 0) is 62.6 Å². The summed E-state index contributed by atoms with van der Waals surface area (Å²) in [4.78, 5) is 26.2. The molecule has 6 nitrogen and oxygen atoms in total. The minimum absolute atomic E-state index is 0.0320. The van der Waals surface area contributed by atoms with Crippen LogP contribution in [0.15, 0.2) is 30.5 Å². The van der Waals surface area contributed by atoms with Crippen LogP contribution in [0.3, 0.4) is 0 Å². The largest absolute Gasteiger partial charge is 0.356 e. The Kier molecular flexibility index (Phi) is 3.79. The summed E-state index contributed by atoms with van der Waals surface area (Å²) in [5, 5.41) is 3.30. The van der Waals surface area contributed by atoms with Gasteiger partial charge in [0.05, 0.1) is 17.0 Å². The summed E-state index contributed by atoms with van der Waals surface area (Å²) in [6, 6.07) is 8.14. The summed E-state index contributed by atoms with van der Waals surface area (Å²) in [6.07, 6.45) is 7.86. The number of rotatable bonds is 2. The third-order valence-corrected chi connectivity index (χ3v) is 7.25. The maximum absolute atomic E-state index is 13.0. The monoisotopic (exact) mass is 413 g/mol. The van der Waals surface area contributed by atoms with E-state index in [1.165, 1.54) is 6.42 Å². The predicted octanol–water partition coefficient (Wildman–Crippen LogP) is 3.64. The number of nitrogens with zero attached hydrogens (tertiary/aromatic N) is 2. The number of aromatic nitrogens is 3. The summed E-state index contributed by atoms with van der Waals surface area (Å²) in [5.41, 5.74) is 13.9. The molecule has 158 valence electrons. The number of carbonyl (C=O) groups is 1. The summed E-state index contributed by atoms with van der Waals surface area (Å²) in [6.45, 7) is 3.99. The number of nitrogens with one attached hydrogen (secondary N) is 2. The summed E-state index contributed by atoms with van der Waals surface area (Å²) in [5.74, 6) is 0.775. The Labute approximate surface area is 181 Å². The van der Waals surface area contributed by atoms with Crippen LogP contribution in [-0.4, -0.2) is 26.4 Å². The van der Waals surface area contributed by atoms with Crippen LogP contribution in [0, 0.1) is 0 Å². The zero-order valence-electron chi connectivity index (χ0n) is 18.0. The van der Waals surface area contributed by atoms with Crippen LogP contribution >= 0.6 is 0 Å². The van der Waals surface area contributed by atoms with E-state index in [-0.39, 0.29) is 17.0 Å². The molecular weight excluding hydrogens is 386 g/mol. The molecule has 1 saturated carbocycles. The molecule has 6 rings (SSSR count). The molecule has 31 heavy (non-hydrogen) atoms. The van der Waals surface area contributed by atoms with Crippen LogP contribution in [0.2, 0.25) is 0 Å². The number of H-pyrrole nitrogens is 1. The molecule has 0 saturated heterocycles. The molecule has 1 fully saturated rings. The minimum Gasteiger partial charge on any atom is -0.356 e. The molecule has 1 spiro atoms. The predicted molar refractivity (Wildman–Crippen MR) is 120 cm³/mol. The normalized spacial score (nSPS) is 18.6. The highest BCUT2D eigenvalue weighted by atomic mass is 16.2. The van der Waals surface area contributed by atoms with Crippen molar-refractivity contribution in [2.24, 2.45) is 5.73 Å². The second kappa shape index (κ2) is 6.26. The molecule has 1 aliphatic heterocycles. The van der Waals surface area contributed by atoms with E-state index in [1.807, 2.05) is 44.3 Å². The Hall–Kier alpha value is -2.99. The molecule has 2 aliphatic carbocycles. The van der Waals surface area contributed by atoms with Gasteiger partial charge in [-0.2, -0.15) is 0 Å². The molecule has 3 aromatic rings. The van der Waals surface area contributed by atoms with Crippen LogP contribution in [0.5, 0.6) is 0 Å². The number of aromatic amines is 1. The van der Waals surface area contributed by atoms with Gasteiger partial charge in [0.15, 0.2) is 5.82 Å². The van der Waals surface area contributed by atoms with E-state index in [1.54, 1.807) is 0 Å². The van der Waals surface area contributed by atoms with E-state index in [2.05, 4.69) is 15.3 Å². The van der Waals surface area contributed by atoms with Crippen molar-refractivity contribution >= 4 is 5.91 Å². The Morgan fingerprint density at radius 2 is 1.90 bits per heavy atom. The van der Waals surface area contributed by atoms with Crippen molar-refractivity contribution in [1.82, 2.24) is 20.3 Å². The van der Waals surface area contributed by atoms with Crippen LogP contribution in [0.1, 0.15) is 65.9 Å². The molecule has 4 N–H and O–H groups in total. The zero-order chi connectivity index (χ0) is 21.4. The fraction of sp³-hybridized carbons (Fsp3) is 0.400. The third kappa shape index (κ3) is 2.85. The van der Waals surface area contributed by atoms with Crippen molar-refractivity contribution in [2.75, 3.05) is 0 Å². The maximum atomic E-state index is 13.0. The van der Waals surface area contributed by atoms with Crippen molar-refractivity contribution < 1.29 is 4.79 Å². The molecule has 3 heterocycles. The van der Waals surface area contributed by atoms with Gasteiger partial charge in [-0.15, -0.1) is 0 Å². The number of carbonyl (C=O) groups excluding carboxylic acids is 1. The molecule has 1 aromatic carbocycles. The molecular formula is C25H27N5O. The Morgan fingerprint density at radius 3 is 2.58 bits per heavy atom. The highest BCUT2D eigenvalue weighted by Crippen LogP contribution is 2.43. The number of nitrogens with two attached hydrogens (primary N) is 1. The molecule has 0 atom stereocenters. The number of fused-ring (bicyclic) bond motifs is 5. The second-order valence-electron chi connectivity index (χ2n) is 9.96. The lowest BCUT2D eigenvalue weighted by Crippen LogP contribution is -2.57. The third-order valence-electron chi connectivity index (χ3n) is 7.25. The number of hydrogen-bond donors (Lipinski definition) is 3. The number of benzene rings is 1. The smallest absolute Gasteiger partial charge is 0.253 e. The Morgan fingerprint density at radius 1 is 1.13 bits per heavy atom. The number of aryl methyl sites for hydroxylation is 1. The molecule has 0 bridgehead atoms. The maximum Gasteiger partial charge on any atom is 0.253 e.